The van der Waals surface area contributed by atoms with Crippen molar-refractivity contribution >= 4 is 21.7 Å². The molecule has 3 rings (SSSR count). The summed E-state index contributed by atoms with van der Waals surface area (Å²) in [6.45, 7) is 5.64. The highest BCUT2D eigenvalue weighted by Gasteiger charge is 2.34. The molecule has 0 amide bonds. The van der Waals surface area contributed by atoms with Gasteiger partial charge in [-0.25, -0.2) is 8.42 Å². The van der Waals surface area contributed by atoms with Crippen LogP contribution in [0.2, 0.25) is 0 Å². The van der Waals surface area contributed by atoms with Crippen LogP contribution in [-0.2, 0) is 14.8 Å². The normalized spacial score (nSPS) is 15.7. The first-order chi connectivity index (χ1) is 14.1. The second-order valence-electron chi connectivity index (χ2n) is 7.53. The Hall–Kier alpha value is -2.78. The van der Waals surface area contributed by atoms with Gasteiger partial charge in [0.15, 0.2) is 0 Å². The number of sulfonamides is 1. The van der Waals surface area contributed by atoms with Gasteiger partial charge in [0.05, 0.1) is 15.7 Å². The fourth-order valence-electron chi connectivity index (χ4n) is 3.60. The fourth-order valence-corrected chi connectivity index (χ4v) is 5.31. The van der Waals surface area contributed by atoms with Gasteiger partial charge < -0.3 is 4.74 Å². The van der Waals surface area contributed by atoms with E-state index in [1.165, 1.54) is 16.4 Å². The number of piperidine rings is 1. The highest BCUT2D eigenvalue weighted by Crippen LogP contribution is 2.30. The van der Waals surface area contributed by atoms with Crippen molar-refractivity contribution in [2.24, 2.45) is 5.92 Å². The summed E-state index contributed by atoms with van der Waals surface area (Å²) in [6.07, 6.45) is 0.661. The van der Waals surface area contributed by atoms with Crippen LogP contribution in [0, 0.1) is 36.8 Å². The number of nitro groups is 1. The summed E-state index contributed by atoms with van der Waals surface area (Å²) in [6, 6.07) is 9.43. The molecule has 1 aliphatic heterocycles. The molecule has 1 heterocycles. The summed E-state index contributed by atoms with van der Waals surface area (Å²) in [5.41, 5.74) is 1.90. The first-order valence-corrected chi connectivity index (χ1v) is 11.1. The number of para-hydroxylation sites is 1. The number of hydrogen-bond donors (Lipinski definition) is 0. The van der Waals surface area contributed by atoms with Gasteiger partial charge in [-0.2, -0.15) is 4.31 Å². The molecule has 2 aromatic carbocycles. The van der Waals surface area contributed by atoms with Gasteiger partial charge in [0.25, 0.3) is 5.69 Å². The van der Waals surface area contributed by atoms with Crippen molar-refractivity contribution in [2.75, 3.05) is 13.1 Å². The Bertz CT molecular complexity index is 1070. The average molecular weight is 432 g/mol. The number of non-ortho nitro benzene ring substituents is 1. The number of rotatable bonds is 5. The summed E-state index contributed by atoms with van der Waals surface area (Å²) in [5.74, 6) is -0.220. The smallest absolute Gasteiger partial charge is 0.314 e. The van der Waals surface area contributed by atoms with Crippen molar-refractivity contribution < 1.29 is 22.9 Å². The first-order valence-electron chi connectivity index (χ1n) is 9.64. The van der Waals surface area contributed by atoms with E-state index in [1.54, 1.807) is 6.92 Å². The van der Waals surface area contributed by atoms with E-state index in [4.69, 9.17) is 4.74 Å². The van der Waals surface area contributed by atoms with Crippen LogP contribution < -0.4 is 4.74 Å². The molecule has 0 aromatic heterocycles. The number of esters is 1. The van der Waals surface area contributed by atoms with Crippen molar-refractivity contribution in [3.8, 4) is 5.75 Å². The lowest BCUT2D eigenvalue weighted by Gasteiger charge is -2.30. The summed E-state index contributed by atoms with van der Waals surface area (Å²) >= 11 is 0. The molecule has 30 heavy (non-hydrogen) atoms. The third kappa shape index (κ3) is 4.36. The van der Waals surface area contributed by atoms with E-state index in [0.717, 1.165) is 17.2 Å². The molecular formula is C21H24N2O6S. The number of aryl methyl sites for hydroxylation is 3. The predicted octanol–water partition coefficient (Wildman–Crippen LogP) is 3.53. The Balaban J connectivity index is 1.71. The van der Waals surface area contributed by atoms with E-state index in [2.05, 4.69) is 0 Å². The van der Waals surface area contributed by atoms with Crippen LogP contribution in [0.3, 0.4) is 0 Å². The molecule has 0 spiro atoms. The minimum absolute atomic E-state index is 0.0757. The molecule has 0 saturated carbocycles. The molecule has 160 valence electrons. The molecule has 1 fully saturated rings. The number of ether oxygens (including phenoxy) is 1. The quantitative estimate of drug-likeness (QED) is 0.310. The van der Waals surface area contributed by atoms with E-state index in [0.29, 0.717) is 24.2 Å². The number of carbonyl (C=O) groups is 1. The number of carbonyl (C=O) groups excluding carboxylic acids is 1. The molecule has 0 bridgehead atoms. The maximum Gasteiger partial charge on any atom is 0.314 e. The fraction of sp³-hybridized carbons (Fsp3) is 0.381. The minimum atomic E-state index is -3.89. The van der Waals surface area contributed by atoms with Gasteiger partial charge in [-0.3, -0.25) is 14.9 Å². The number of nitro benzene ring substituents is 1. The Labute approximate surface area is 175 Å². The molecule has 0 N–H and O–H groups in total. The molecule has 0 radical (unpaired) electrons. The van der Waals surface area contributed by atoms with Gasteiger partial charge in [-0.15, -0.1) is 0 Å². The lowest BCUT2D eigenvalue weighted by molar-refractivity contribution is -0.385. The van der Waals surface area contributed by atoms with Crippen molar-refractivity contribution in [3.63, 3.8) is 0 Å². The molecule has 8 nitrogen and oxygen atoms in total. The van der Waals surface area contributed by atoms with Crippen LogP contribution >= 0.6 is 0 Å². The van der Waals surface area contributed by atoms with E-state index < -0.39 is 20.9 Å². The molecule has 2 aromatic rings. The monoisotopic (exact) mass is 432 g/mol. The Morgan fingerprint density at radius 3 is 2.23 bits per heavy atom. The van der Waals surface area contributed by atoms with Crippen LogP contribution in [0.1, 0.15) is 29.5 Å². The molecule has 1 saturated heterocycles. The van der Waals surface area contributed by atoms with Crippen molar-refractivity contribution in [3.05, 3.63) is 63.2 Å². The lowest BCUT2D eigenvalue weighted by atomic mass is 9.98. The predicted molar refractivity (Wildman–Crippen MR) is 111 cm³/mol. The topological polar surface area (TPSA) is 107 Å². The Morgan fingerprint density at radius 2 is 1.67 bits per heavy atom. The van der Waals surface area contributed by atoms with Gasteiger partial charge in [-0.1, -0.05) is 24.3 Å². The second-order valence-corrected chi connectivity index (χ2v) is 9.43. The molecular weight excluding hydrogens is 408 g/mol. The molecule has 1 aliphatic rings. The molecule has 0 unspecified atom stereocenters. The molecule has 0 atom stereocenters. The summed E-state index contributed by atoms with van der Waals surface area (Å²) < 4.78 is 32.9. The Morgan fingerprint density at radius 1 is 1.07 bits per heavy atom. The van der Waals surface area contributed by atoms with E-state index in [9.17, 15) is 23.3 Å². The van der Waals surface area contributed by atoms with E-state index in [1.807, 2.05) is 32.0 Å². The number of benzene rings is 2. The van der Waals surface area contributed by atoms with Crippen LogP contribution in [0.5, 0.6) is 5.75 Å². The summed E-state index contributed by atoms with van der Waals surface area (Å²) in [7, 11) is -3.89. The van der Waals surface area contributed by atoms with Gasteiger partial charge in [0.2, 0.25) is 10.0 Å². The SMILES string of the molecule is Cc1ccc([N+](=O)[O-])cc1S(=O)(=O)N1CCC(C(=O)Oc2c(C)cccc2C)CC1. The standard InChI is InChI=1S/C21H24N2O6S/c1-14-7-8-18(23(25)26)13-19(14)30(27,28)22-11-9-17(10-12-22)21(24)29-20-15(2)5-4-6-16(20)3/h4-8,13,17H,9-12H2,1-3H3. The van der Waals surface area contributed by atoms with E-state index in [-0.39, 0.29) is 29.6 Å². The van der Waals surface area contributed by atoms with E-state index >= 15 is 0 Å². The zero-order valence-electron chi connectivity index (χ0n) is 17.1. The highest BCUT2D eigenvalue weighted by molar-refractivity contribution is 7.89. The zero-order valence-corrected chi connectivity index (χ0v) is 17.9. The Kier molecular flexibility index (Phi) is 6.23. The van der Waals surface area contributed by atoms with Gasteiger partial charge in [-0.05, 0) is 50.3 Å². The lowest BCUT2D eigenvalue weighted by Crippen LogP contribution is -2.41. The van der Waals surface area contributed by atoms with Crippen molar-refractivity contribution in [1.29, 1.82) is 0 Å². The van der Waals surface area contributed by atoms with Gasteiger partial charge in [0.1, 0.15) is 5.75 Å². The zero-order chi connectivity index (χ0) is 22.1. The van der Waals surface area contributed by atoms with Crippen molar-refractivity contribution in [2.45, 2.75) is 38.5 Å². The molecule has 0 aliphatic carbocycles. The third-order valence-electron chi connectivity index (χ3n) is 5.40. The average Bonchev–Trinajstić information content (AvgIpc) is 2.70. The second kappa shape index (κ2) is 8.53. The maximum atomic E-state index is 13.0. The number of nitrogens with zero attached hydrogens (tertiary/aromatic N) is 2. The van der Waals surface area contributed by atoms with Gasteiger partial charge >= 0.3 is 5.97 Å². The largest absolute Gasteiger partial charge is 0.426 e. The highest BCUT2D eigenvalue weighted by atomic mass is 32.2. The van der Waals surface area contributed by atoms with Gasteiger partial charge in [0, 0.05) is 25.2 Å². The van der Waals surface area contributed by atoms with Crippen LogP contribution in [0.15, 0.2) is 41.3 Å². The van der Waals surface area contributed by atoms with Crippen LogP contribution in [0.25, 0.3) is 0 Å². The van der Waals surface area contributed by atoms with Crippen LogP contribution in [0.4, 0.5) is 5.69 Å². The maximum absolute atomic E-state index is 13.0. The minimum Gasteiger partial charge on any atom is -0.426 e. The third-order valence-corrected chi connectivity index (χ3v) is 7.44. The van der Waals surface area contributed by atoms with Crippen LogP contribution in [-0.4, -0.2) is 36.7 Å². The summed E-state index contributed by atoms with van der Waals surface area (Å²) in [5, 5.41) is 11.0. The summed E-state index contributed by atoms with van der Waals surface area (Å²) in [4.78, 5) is 22.9. The van der Waals surface area contributed by atoms with Crippen molar-refractivity contribution in [1.82, 2.24) is 4.31 Å². The number of hydrogen-bond acceptors (Lipinski definition) is 6. The molecule has 9 heteroatoms. The first kappa shape index (κ1) is 21.9.